The second kappa shape index (κ2) is 42.8. The number of carbonyl (C=O) groups excluding carboxylic acids is 10. The van der Waals surface area contributed by atoms with Crippen molar-refractivity contribution >= 4 is 83.0 Å². The third-order valence-corrected chi connectivity index (χ3v) is 12.2. The van der Waals surface area contributed by atoms with E-state index >= 15 is 0 Å². The van der Waals surface area contributed by atoms with Crippen molar-refractivity contribution in [1.82, 2.24) is 36.8 Å². The van der Waals surface area contributed by atoms with E-state index in [0.717, 1.165) is 28.9 Å². The van der Waals surface area contributed by atoms with Crippen molar-refractivity contribution in [3.05, 3.63) is 107 Å². The zero-order chi connectivity index (χ0) is 73.0. The largest absolute Gasteiger partial charge is 0.514 e. The quantitative estimate of drug-likeness (QED) is 0.0212. The fourth-order valence-electron chi connectivity index (χ4n) is 7.73. The van der Waals surface area contributed by atoms with Gasteiger partial charge in [0, 0.05) is 48.3 Å². The lowest BCUT2D eigenvalue weighted by atomic mass is 9.94. The second-order valence-corrected chi connectivity index (χ2v) is 24.8. The van der Waals surface area contributed by atoms with Crippen LogP contribution in [0.3, 0.4) is 0 Å². The molecule has 23 nitrogen and oxygen atoms in total. The number of fused-ring (bicyclic) bond motifs is 5. The van der Waals surface area contributed by atoms with Crippen molar-refractivity contribution in [2.24, 2.45) is 0 Å². The number of nitrogens with zero attached hydrogens (tertiary/aromatic N) is 1. The molecular formula is C70H103Cl2N7O16. The smallest absolute Gasteiger partial charge is 0.444 e. The highest BCUT2D eigenvalue weighted by molar-refractivity contribution is 6.30. The number of hydrogen-bond acceptors (Lipinski definition) is 16. The Balaban J connectivity index is 0.00000264. The lowest BCUT2D eigenvalue weighted by molar-refractivity contribution is -0.139. The molecule has 2 unspecified atom stereocenters. The first-order valence-corrected chi connectivity index (χ1v) is 32.7. The number of likely N-dealkylation sites (N-methyl/N-ethyl adjacent to an activating group) is 1. The van der Waals surface area contributed by atoms with E-state index in [9.17, 15) is 47.9 Å². The van der Waals surface area contributed by atoms with Crippen LogP contribution in [0.5, 0.6) is 11.5 Å². The molecule has 1 aliphatic heterocycles. The van der Waals surface area contributed by atoms with Crippen LogP contribution in [0, 0.1) is 0 Å². The maximum atomic E-state index is 14.3. The van der Waals surface area contributed by atoms with Crippen LogP contribution in [0.4, 0.5) is 19.2 Å². The summed E-state index contributed by atoms with van der Waals surface area (Å²) in [5, 5.41) is 15.9. The van der Waals surface area contributed by atoms with E-state index in [1.54, 1.807) is 77.9 Å². The van der Waals surface area contributed by atoms with Gasteiger partial charge < -0.3 is 65.2 Å². The molecule has 0 radical (unpaired) electrons. The number of amides is 7. The number of halogens is 2. The van der Waals surface area contributed by atoms with Gasteiger partial charge in [0.2, 0.25) is 23.6 Å². The van der Waals surface area contributed by atoms with E-state index in [1.807, 2.05) is 102 Å². The lowest BCUT2D eigenvalue weighted by Crippen LogP contribution is -2.52. The first-order valence-electron chi connectivity index (χ1n) is 31.8. The molecule has 95 heavy (non-hydrogen) atoms. The topological polar surface area (TPSA) is 302 Å². The third kappa shape index (κ3) is 35.0. The molecular weight excluding hydrogens is 1270 g/mol. The van der Waals surface area contributed by atoms with Gasteiger partial charge in [0.1, 0.15) is 46.0 Å². The van der Waals surface area contributed by atoms with Gasteiger partial charge in [-0.3, -0.25) is 28.8 Å². The van der Waals surface area contributed by atoms with E-state index in [-0.39, 0.29) is 63.8 Å². The van der Waals surface area contributed by atoms with Crippen LogP contribution in [-0.4, -0.2) is 139 Å². The van der Waals surface area contributed by atoms with Gasteiger partial charge in [-0.2, -0.15) is 0 Å². The SMILES string of the molecule is CC.CC.CC.CCCCNC(=O)OC(C)(C)C.CCNC(=O)OC(C)(C)C.CN(C(=O)CNC(=O)c1ccc(-c2ccc(Cl)cc2)cc1)C1C(=O)NCC(=O)NC(C(=O)NCC(=O)CCl)Cc2ccc(OC(=O)OC(C)(C)C)c(c2)-c2cc1ccc2OC(=O)OC(C)(C)C. The molecule has 6 N–H and O–H groups in total. The highest BCUT2D eigenvalue weighted by Crippen LogP contribution is 2.41. The van der Waals surface area contributed by atoms with E-state index in [0.29, 0.717) is 23.7 Å². The van der Waals surface area contributed by atoms with Crippen LogP contribution in [0.25, 0.3) is 22.3 Å². The highest BCUT2D eigenvalue weighted by Gasteiger charge is 2.33. The molecule has 4 bridgehead atoms. The zero-order valence-corrected chi connectivity index (χ0v) is 60.8. The number of alkyl halides is 1. The maximum Gasteiger partial charge on any atom is 0.514 e. The number of nitrogens with one attached hydrogen (secondary N) is 6. The first-order chi connectivity index (χ1) is 44.4. The summed E-state index contributed by atoms with van der Waals surface area (Å²) in [7, 11) is 1.31. The Morgan fingerprint density at radius 3 is 1.54 bits per heavy atom. The predicted octanol–water partition coefficient (Wildman–Crippen LogP) is 13.2. The summed E-state index contributed by atoms with van der Waals surface area (Å²) in [6, 6.07) is 19.6. The van der Waals surface area contributed by atoms with E-state index in [1.165, 1.54) is 43.4 Å². The van der Waals surface area contributed by atoms with Gasteiger partial charge in [-0.05, 0) is 167 Å². The van der Waals surface area contributed by atoms with Crippen molar-refractivity contribution in [2.75, 3.05) is 45.7 Å². The summed E-state index contributed by atoms with van der Waals surface area (Å²) >= 11 is 11.7. The summed E-state index contributed by atoms with van der Waals surface area (Å²) in [4.78, 5) is 130. The van der Waals surface area contributed by atoms with E-state index in [2.05, 4.69) is 38.8 Å². The van der Waals surface area contributed by atoms with Gasteiger partial charge in [0.15, 0.2) is 5.78 Å². The summed E-state index contributed by atoms with van der Waals surface area (Å²) in [5.74, 6) is -4.87. The number of hydrogen-bond donors (Lipinski definition) is 6. The Bertz CT molecular complexity index is 3110. The fourth-order valence-corrected chi connectivity index (χ4v) is 7.95. The molecule has 0 spiro atoms. The van der Waals surface area contributed by atoms with Gasteiger partial charge in [0.05, 0.1) is 25.5 Å². The standard InChI is InChI=1S/C48H51Cl2N5O12.C9H19NO2.C7H15NO2.3C2H6/c1-47(2,3)66-45(62)64-37-18-8-27-20-34(37)35-22-31(15-19-38(35)65-46(63)67-48(4,5)6)41(44(61)52-25-39(57)54-36(21-27)43(60)51-24-33(56)23-49)55(7)40(58)26-53-42(59)30-11-9-28(10-12-30)29-13-16-32(50)17-14-29;1-5-6-7-10-8(11)12-9(2,3)4;1-5-8-6(9)10-7(2,3)4;3*1-2/h8-20,22,36,41H,21,23-26H2,1-7H3,(H,51,60)(H,52,61)(H,53,59)(H,54,57);5-7H2,1-4H3,(H,10,11);5H2,1-4H3,(H,8,9);3*1-2H3. The molecule has 1 aliphatic rings. The number of ether oxygens (including phenoxy) is 6. The van der Waals surface area contributed by atoms with Gasteiger partial charge in [-0.1, -0.05) is 103 Å². The van der Waals surface area contributed by atoms with Gasteiger partial charge in [-0.25, -0.2) is 19.2 Å². The first kappa shape index (κ1) is 86.6. The molecule has 0 aliphatic carbocycles. The van der Waals surface area contributed by atoms with Crippen LogP contribution >= 0.6 is 23.2 Å². The van der Waals surface area contributed by atoms with Crippen LogP contribution in [-0.2, 0) is 49.3 Å². The Morgan fingerprint density at radius 1 is 0.589 bits per heavy atom. The van der Waals surface area contributed by atoms with Gasteiger partial charge in [-0.15, -0.1) is 11.6 Å². The van der Waals surface area contributed by atoms with Crippen molar-refractivity contribution < 1.29 is 76.4 Å². The second-order valence-electron chi connectivity index (χ2n) is 24.1. The molecule has 0 saturated carbocycles. The van der Waals surface area contributed by atoms with Crippen LogP contribution in [0.1, 0.15) is 179 Å². The summed E-state index contributed by atoms with van der Waals surface area (Å²) in [5.41, 5.74) is -0.154. The normalized spacial score (nSPS) is 13.3. The minimum absolute atomic E-state index is 0.0487. The minimum Gasteiger partial charge on any atom is -0.444 e. The van der Waals surface area contributed by atoms with Crippen LogP contribution in [0.2, 0.25) is 5.02 Å². The summed E-state index contributed by atoms with van der Waals surface area (Å²) in [6.45, 7) is 36.4. The number of carbonyl (C=O) groups is 10. The zero-order valence-electron chi connectivity index (χ0n) is 59.3. The van der Waals surface area contributed by atoms with Crippen LogP contribution < -0.4 is 41.4 Å². The summed E-state index contributed by atoms with van der Waals surface area (Å²) < 4.78 is 32.3. The van der Waals surface area contributed by atoms with Gasteiger partial charge in [0.25, 0.3) is 5.91 Å². The fraction of sp³-hybridized carbons (Fsp3) is 0.514. The van der Waals surface area contributed by atoms with Crippen molar-refractivity contribution in [1.29, 1.82) is 0 Å². The Morgan fingerprint density at radius 2 is 1.06 bits per heavy atom. The number of Topliss-reactive ketones (excluding diaryl/α,β-unsaturated/α-hetero) is 1. The molecule has 25 heteroatoms. The number of unbranched alkanes of at least 4 members (excludes halogenated alkanes) is 1. The summed E-state index contributed by atoms with van der Waals surface area (Å²) in [6.07, 6.45) is -0.997. The van der Waals surface area contributed by atoms with Crippen LogP contribution in [0.15, 0.2) is 84.9 Å². The van der Waals surface area contributed by atoms with Crippen molar-refractivity contribution in [2.45, 2.75) is 192 Å². The molecule has 1 heterocycles. The average molecular weight is 1370 g/mol. The average Bonchev–Trinajstić information content (AvgIpc) is 0.781. The molecule has 0 saturated heterocycles. The number of rotatable bonds is 15. The predicted molar refractivity (Wildman–Crippen MR) is 371 cm³/mol. The highest BCUT2D eigenvalue weighted by atomic mass is 35.5. The maximum absolute atomic E-state index is 14.3. The number of ketones is 1. The molecule has 4 aromatic carbocycles. The Hall–Kier alpha value is -8.44. The molecule has 0 fully saturated rings. The Labute approximate surface area is 571 Å². The third-order valence-electron chi connectivity index (χ3n) is 11.6. The number of benzene rings is 4. The lowest BCUT2D eigenvalue weighted by Gasteiger charge is -2.29. The molecule has 4 aromatic rings. The molecule has 528 valence electrons. The van der Waals surface area contributed by atoms with Crippen molar-refractivity contribution in [3.63, 3.8) is 0 Å². The molecule has 5 rings (SSSR count). The molecule has 0 aromatic heterocycles. The minimum atomic E-state index is -1.52. The van der Waals surface area contributed by atoms with Crippen molar-refractivity contribution in [3.8, 4) is 33.8 Å². The molecule has 2 atom stereocenters. The molecule has 7 amide bonds. The number of alkyl carbamates (subject to hydrolysis) is 2. The van der Waals surface area contributed by atoms with E-state index in [4.69, 9.17) is 51.6 Å². The van der Waals surface area contributed by atoms with Gasteiger partial charge >= 0.3 is 24.5 Å². The Kier molecular flexibility index (Phi) is 39.0. The monoisotopic (exact) mass is 1370 g/mol. The van der Waals surface area contributed by atoms with E-state index < -0.39 is 96.2 Å².